The van der Waals surface area contributed by atoms with E-state index in [1.807, 2.05) is 6.07 Å². The third-order valence-electron chi connectivity index (χ3n) is 4.03. The number of likely N-dealkylation sites (tertiary alicyclic amines) is 1. The average molecular weight is 329 g/mol. The number of pyridine rings is 1. The molecule has 1 atom stereocenters. The quantitative estimate of drug-likeness (QED) is 0.894. The molecule has 1 unspecified atom stereocenters. The van der Waals surface area contributed by atoms with Crippen molar-refractivity contribution in [2.75, 3.05) is 6.54 Å². The van der Waals surface area contributed by atoms with Crippen molar-refractivity contribution in [2.24, 2.45) is 0 Å². The lowest BCUT2D eigenvalue weighted by molar-refractivity contribution is -0.119. The largest absolute Gasteiger partial charge is 0.505 e. The second kappa shape index (κ2) is 6.74. The summed E-state index contributed by atoms with van der Waals surface area (Å²) in [5, 5.41) is 12.5. The Morgan fingerprint density at radius 2 is 2.25 bits per heavy atom. The van der Waals surface area contributed by atoms with Crippen molar-refractivity contribution in [2.45, 2.75) is 32.4 Å². The van der Waals surface area contributed by atoms with E-state index in [4.69, 9.17) is 4.42 Å². The number of rotatable bonds is 4. The number of carbonyl (C=O) groups excluding carboxylic acids is 2. The van der Waals surface area contributed by atoms with Crippen molar-refractivity contribution in [3.63, 3.8) is 0 Å². The topological polar surface area (TPSA) is 95.7 Å². The molecule has 2 amide bonds. The number of aromatic hydroxyl groups is 1. The molecular formula is C17H19N3O4. The van der Waals surface area contributed by atoms with Gasteiger partial charge >= 0.3 is 0 Å². The molecule has 0 spiro atoms. The molecule has 1 aliphatic rings. The molecule has 0 aliphatic carbocycles. The number of hydrogen-bond donors (Lipinski definition) is 2. The van der Waals surface area contributed by atoms with Crippen LogP contribution in [0, 0.1) is 0 Å². The molecule has 0 radical (unpaired) electrons. The summed E-state index contributed by atoms with van der Waals surface area (Å²) in [5.74, 6) is 0.752. The number of furan rings is 1. The highest BCUT2D eigenvalue weighted by atomic mass is 16.3. The van der Waals surface area contributed by atoms with E-state index >= 15 is 0 Å². The van der Waals surface area contributed by atoms with E-state index in [1.165, 1.54) is 19.2 Å². The normalized spacial score (nSPS) is 17.0. The molecule has 24 heavy (non-hydrogen) atoms. The van der Waals surface area contributed by atoms with Crippen LogP contribution in [0.4, 0.5) is 0 Å². The number of hydrogen-bond acceptors (Lipinski definition) is 5. The van der Waals surface area contributed by atoms with Crippen LogP contribution in [-0.2, 0) is 11.3 Å². The summed E-state index contributed by atoms with van der Waals surface area (Å²) < 4.78 is 5.77. The van der Waals surface area contributed by atoms with Crippen molar-refractivity contribution in [1.29, 1.82) is 0 Å². The van der Waals surface area contributed by atoms with Gasteiger partial charge in [0, 0.05) is 19.7 Å². The van der Waals surface area contributed by atoms with Gasteiger partial charge in [0.2, 0.25) is 5.91 Å². The predicted molar refractivity (Wildman–Crippen MR) is 85.1 cm³/mol. The molecule has 1 saturated heterocycles. The van der Waals surface area contributed by atoms with Crippen molar-refractivity contribution >= 4 is 11.8 Å². The van der Waals surface area contributed by atoms with E-state index in [2.05, 4.69) is 10.3 Å². The Hall–Kier alpha value is -2.83. The molecule has 1 fully saturated rings. The van der Waals surface area contributed by atoms with Gasteiger partial charge in [-0.15, -0.1) is 0 Å². The number of nitrogens with zero attached hydrogens (tertiary/aromatic N) is 2. The third kappa shape index (κ3) is 3.24. The Morgan fingerprint density at radius 1 is 1.42 bits per heavy atom. The lowest BCUT2D eigenvalue weighted by atomic mass is 10.1. The lowest BCUT2D eigenvalue weighted by Gasteiger charge is -2.23. The standard InChI is InChI=1S/C17H19N3O4/c1-11(21)19-10-12-6-7-15(24-12)13-4-3-9-20(13)17(23)16-14(22)5-2-8-18-16/h2,5-8,13,22H,3-4,9-10H2,1H3,(H,19,21). The lowest BCUT2D eigenvalue weighted by Crippen LogP contribution is -2.31. The molecule has 2 aromatic heterocycles. The molecule has 3 heterocycles. The second-order valence-electron chi connectivity index (χ2n) is 5.74. The van der Waals surface area contributed by atoms with Crippen LogP contribution < -0.4 is 5.32 Å². The van der Waals surface area contributed by atoms with E-state index in [9.17, 15) is 14.7 Å². The minimum atomic E-state index is -0.310. The van der Waals surface area contributed by atoms with E-state index in [-0.39, 0.29) is 29.3 Å². The summed E-state index contributed by atoms with van der Waals surface area (Å²) in [6.45, 7) is 2.35. The Balaban J connectivity index is 1.77. The summed E-state index contributed by atoms with van der Waals surface area (Å²) in [4.78, 5) is 29.3. The summed E-state index contributed by atoms with van der Waals surface area (Å²) in [5.41, 5.74) is 0.0504. The summed E-state index contributed by atoms with van der Waals surface area (Å²) in [6, 6.07) is 6.46. The maximum absolute atomic E-state index is 12.7. The Bertz CT molecular complexity index is 756. The Morgan fingerprint density at radius 3 is 3.00 bits per heavy atom. The van der Waals surface area contributed by atoms with Gasteiger partial charge in [0.15, 0.2) is 5.69 Å². The van der Waals surface area contributed by atoms with Crippen molar-refractivity contribution in [3.05, 3.63) is 47.7 Å². The van der Waals surface area contributed by atoms with Crippen molar-refractivity contribution in [3.8, 4) is 5.75 Å². The highest BCUT2D eigenvalue weighted by Gasteiger charge is 2.34. The average Bonchev–Trinajstić information content (AvgIpc) is 3.21. The molecule has 126 valence electrons. The molecule has 3 rings (SSSR count). The number of amides is 2. The van der Waals surface area contributed by atoms with Crippen LogP contribution in [0.2, 0.25) is 0 Å². The first-order valence-corrected chi connectivity index (χ1v) is 7.84. The summed E-state index contributed by atoms with van der Waals surface area (Å²) in [6.07, 6.45) is 3.12. The van der Waals surface area contributed by atoms with Gasteiger partial charge in [-0.05, 0) is 37.1 Å². The predicted octanol–water partition coefficient (Wildman–Crippen LogP) is 1.99. The van der Waals surface area contributed by atoms with Gasteiger partial charge in [-0.25, -0.2) is 4.98 Å². The van der Waals surface area contributed by atoms with Gasteiger partial charge in [-0.3, -0.25) is 9.59 Å². The van der Waals surface area contributed by atoms with Gasteiger partial charge < -0.3 is 19.7 Å². The van der Waals surface area contributed by atoms with Crippen LogP contribution in [0.1, 0.15) is 47.8 Å². The number of carbonyl (C=O) groups is 2. The fourth-order valence-electron chi connectivity index (χ4n) is 2.88. The molecule has 0 bridgehead atoms. The van der Waals surface area contributed by atoms with Crippen LogP contribution in [0.3, 0.4) is 0 Å². The Kier molecular flexibility index (Phi) is 4.50. The van der Waals surface area contributed by atoms with Crippen LogP contribution in [0.5, 0.6) is 5.75 Å². The smallest absolute Gasteiger partial charge is 0.276 e. The van der Waals surface area contributed by atoms with Crippen molar-refractivity contribution in [1.82, 2.24) is 15.2 Å². The van der Waals surface area contributed by atoms with E-state index in [1.54, 1.807) is 17.0 Å². The molecule has 0 saturated carbocycles. The zero-order valence-corrected chi connectivity index (χ0v) is 13.4. The van der Waals surface area contributed by atoms with Gasteiger partial charge in [0.25, 0.3) is 5.91 Å². The SMILES string of the molecule is CC(=O)NCc1ccc(C2CCCN2C(=O)c2ncccc2O)o1. The minimum absolute atomic E-state index is 0.0504. The minimum Gasteiger partial charge on any atom is -0.505 e. The highest BCUT2D eigenvalue weighted by Crippen LogP contribution is 2.34. The fraction of sp³-hybridized carbons (Fsp3) is 0.353. The van der Waals surface area contributed by atoms with Crippen LogP contribution >= 0.6 is 0 Å². The molecule has 0 aromatic carbocycles. The summed E-state index contributed by atoms with van der Waals surface area (Å²) in [7, 11) is 0. The molecule has 2 N–H and O–H groups in total. The molecule has 1 aliphatic heterocycles. The van der Waals surface area contributed by atoms with E-state index in [0.717, 1.165) is 12.8 Å². The monoisotopic (exact) mass is 329 g/mol. The first kappa shape index (κ1) is 16.0. The van der Waals surface area contributed by atoms with Crippen molar-refractivity contribution < 1.29 is 19.1 Å². The Labute approximate surface area is 139 Å². The number of nitrogens with one attached hydrogen (secondary N) is 1. The zero-order valence-electron chi connectivity index (χ0n) is 13.4. The zero-order chi connectivity index (χ0) is 17.1. The molecule has 7 nitrogen and oxygen atoms in total. The second-order valence-corrected chi connectivity index (χ2v) is 5.74. The molecular weight excluding hydrogens is 310 g/mol. The highest BCUT2D eigenvalue weighted by molar-refractivity contribution is 5.95. The maximum atomic E-state index is 12.7. The van der Waals surface area contributed by atoms with Gasteiger partial charge in [0.1, 0.15) is 17.3 Å². The van der Waals surface area contributed by atoms with Gasteiger partial charge in [0.05, 0.1) is 12.6 Å². The molecule has 2 aromatic rings. The first-order chi connectivity index (χ1) is 11.6. The van der Waals surface area contributed by atoms with Crippen LogP contribution in [0.15, 0.2) is 34.9 Å². The number of aromatic nitrogens is 1. The maximum Gasteiger partial charge on any atom is 0.276 e. The third-order valence-corrected chi connectivity index (χ3v) is 4.03. The molecule has 7 heteroatoms. The summed E-state index contributed by atoms with van der Waals surface area (Å²) >= 11 is 0. The van der Waals surface area contributed by atoms with Gasteiger partial charge in [-0.2, -0.15) is 0 Å². The van der Waals surface area contributed by atoms with E-state index in [0.29, 0.717) is 24.6 Å². The van der Waals surface area contributed by atoms with Gasteiger partial charge in [-0.1, -0.05) is 0 Å². The fourth-order valence-corrected chi connectivity index (χ4v) is 2.88. The first-order valence-electron chi connectivity index (χ1n) is 7.84. The van der Waals surface area contributed by atoms with E-state index < -0.39 is 0 Å². The van der Waals surface area contributed by atoms with Crippen LogP contribution in [-0.4, -0.2) is 33.3 Å². The van der Waals surface area contributed by atoms with Crippen LogP contribution in [0.25, 0.3) is 0 Å².